The summed E-state index contributed by atoms with van der Waals surface area (Å²) in [7, 11) is 0. The van der Waals surface area contributed by atoms with Gasteiger partial charge in [-0.1, -0.05) is 0 Å². The summed E-state index contributed by atoms with van der Waals surface area (Å²) in [5.74, 6) is -4.54. The summed E-state index contributed by atoms with van der Waals surface area (Å²) >= 11 is 3.79. The van der Waals surface area contributed by atoms with Gasteiger partial charge in [-0.05, 0) is 6.42 Å². The number of nitrogens with zero attached hydrogens (tertiary/aromatic N) is 1. The number of carbonyl (C=O) groups is 4. The molecular weight excluding hydrogens is 290 g/mol. The van der Waals surface area contributed by atoms with Crippen LogP contribution in [0.1, 0.15) is 12.8 Å². The number of nitrogens with two attached hydrogens (primary N) is 2. The first-order chi connectivity index (χ1) is 9.20. The van der Waals surface area contributed by atoms with Crippen molar-refractivity contribution in [1.29, 1.82) is 0 Å². The summed E-state index contributed by atoms with van der Waals surface area (Å²) in [5.41, 5.74) is 10.9. The maximum atomic E-state index is 11.9. The largest absolute Gasteiger partial charge is 0.481 e. The first-order valence-corrected chi connectivity index (χ1v) is 6.24. The van der Waals surface area contributed by atoms with Crippen molar-refractivity contribution < 1.29 is 29.4 Å². The SMILES string of the molecule is NC(CS)C(=O)N(CC(=O)O)C(=O)C(N)CCC(=O)O. The summed E-state index contributed by atoms with van der Waals surface area (Å²) in [6.45, 7) is -0.889. The number of carboxylic acids is 2. The van der Waals surface area contributed by atoms with Crippen molar-refractivity contribution in [2.45, 2.75) is 24.9 Å². The van der Waals surface area contributed by atoms with Crippen LogP contribution in [0.3, 0.4) is 0 Å². The molecule has 10 heteroatoms. The number of carbonyl (C=O) groups excluding carboxylic acids is 2. The fourth-order valence-corrected chi connectivity index (χ4v) is 1.44. The number of thiol groups is 1. The van der Waals surface area contributed by atoms with Crippen molar-refractivity contribution in [2.24, 2.45) is 11.5 Å². The molecule has 0 fully saturated rings. The summed E-state index contributed by atoms with van der Waals surface area (Å²) in [6.07, 6.45) is -0.589. The van der Waals surface area contributed by atoms with Gasteiger partial charge in [0.15, 0.2) is 0 Å². The molecule has 20 heavy (non-hydrogen) atoms. The van der Waals surface area contributed by atoms with E-state index in [-0.39, 0.29) is 18.6 Å². The van der Waals surface area contributed by atoms with Crippen LogP contribution in [0.2, 0.25) is 0 Å². The van der Waals surface area contributed by atoms with Gasteiger partial charge in [0.2, 0.25) is 11.8 Å². The molecule has 0 aromatic heterocycles. The van der Waals surface area contributed by atoms with Crippen molar-refractivity contribution >= 4 is 36.4 Å². The molecule has 0 bridgehead atoms. The normalized spacial score (nSPS) is 13.3. The van der Waals surface area contributed by atoms with Crippen molar-refractivity contribution in [3.05, 3.63) is 0 Å². The zero-order valence-electron chi connectivity index (χ0n) is 10.6. The molecule has 0 spiro atoms. The van der Waals surface area contributed by atoms with E-state index in [1.54, 1.807) is 0 Å². The number of amides is 2. The number of aliphatic carboxylic acids is 2. The van der Waals surface area contributed by atoms with Gasteiger partial charge in [-0.15, -0.1) is 0 Å². The lowest BCUT2D eigenvalue weighted by atomic mass is 10.1. The first kappa shape index (κ1) is 18.4. The van der Waals surface area contributed by atoms with Crippen LogP contribution >= 0.6 is 12.6 Å². The summed E-state index contributed by atoms with van der Waals surface area (Å²) in [5, 5.41) is 17.2. The standard InChI is InChI=1S/C10H17N3O6S/c11-5(1-2-7(14)15)9(18)13(3-8(16)17)10(19)6(12)4-20/h5-6,20H,1-4,11-12H2,(H,14,15)(H,16,17). The van der Waals surface area contributed by atoms with Crippen LogP contribution in [-0.2, 0) is 19.2 Å². The second kappa shape index (κ2) is 8.51. The van der Waals surface area contributed by atoms with E-state index < -0.39 is 42.4 Å². The highest BCUT2D eigenvalue weighted by molar-refractivity contribution is 7.80. The minimum Gasteiger partial charge on any atom is -0.481 e. The highest BCUT2D eigenvalue weighted by atomic mass is 32.1. The van der Waals surface area contributed by atoms with E-state index in [0.29, 0.717) is 4.90 Å². The molecule has 0 heterocycles. The Labute approximate surface area is 120 Å². The van der Waals surface area contributed by atoms with Crippen LogP contribution in [0.15, 0.2) is 0 Å². The molecule has 0 rings (SSSR count). The average Bonchev–Trinajstić information content (AvgIpc) is 2.39. The molecule has 0 radical (unpaired) electrons. The van der Waals surface area contributed by atoms with Gasteiger partial charge in [0.25, 0.3) is 0 Å². The third-order valence-corrected chi connectivity index (χ3v) is 2.72. The molecule has 2 unspecified atom stereocenters. The molecule has 2 atom stereocenters. The van der Waals surface area contributed by atoms with E-state index in [0.717, 1.165) is 0 Å². The molecule has 0 saturated heterocycles. The minimum absolute atomic E-state index is 0.0768. The van der Waals surface area contributed by atoms with Crippen LogP contribution in [0, 0.1) is 0 Å². The van der Waals surface area contributed by atoms with Gasteiger partial charge in [-0.3, -0.25) is 24.1 Å². The maximum absolute atomic E-state index is 11.9. The van der Waals surface area contributed by atoms with Gasteiger partial charge in [0.05, 0.1) is 12.1 Å². The van der Waals surface area contributed by atoms with E-state index in [1.165, 1.54) is 0 Å². The quantitative estimate of drug-likeness (QED) is 0.317. The number of imide groups is 1. The molecule has 0 aliphatic rings. The molecule has 0 aliphatic carbocycles. The fraction of sp³-hybridized carbons (Fsp3) is 0.600. The lowest BCUT2D eigenvalue weighted by Gasteiger charge is -2.24. The van der Waals surface area contributed by atoms with Gasteiger partial charge < -0.3 is 21.7 Å². The number of hydrogen-bond donors (Lipinski definition) is 5. The van der Waals surface area contributed by atoms with Crippen molar-refractivity contribution in [3.8, 4) is 0 Å². The monoisotopic (exact) mass is 307 g/mol. The Morgan fingerprint density at radius 2 is 1.50 bits per heavy atom. The van der Waals surface area contributed by atoms with Gasteiger partial charge in [-0.2, -0.15) is 12.6 Å². The van der Waals surface area contributed by atoms with E-state index in [4.69, 9.17) is 21.7 Å². The lowest BCUT2D eigenvalue weighted by Crippen LogP contribution is -2.54. The molecule has 0 aliphatic heterocycles. The third kappa shape index (κ3) is 5.99. The highest BCUT2D eigenvalue weighted by Crippen LogP contribution is 2.04. The zero-order valence-corrected chi connectivity index (χ0v) is 11.5. The Morgan fingerprint density at radius 1 is 1.00 bits per heavy atom. The van der Waals surface area contributed by atoms with E-state index in [2.05, 4.69) is 12.6 Å². The second-order valence-corrected chi connectivity index (χ2v) is 4.35. The van der Waals surface area contributed by atoms with Gasteiger partial charge in [0, 0.05) is 12.2 Å². The predicted octanol–water partition coefficient (Wildman–Crippen LogP) is -2.12. The first-order valence-electron chi connectivity index (χ1n) is 5.61. The van der Waals surface area contributed by atoms with Crippen LogP contribution in [-0.4, -0.2) is 63.2 Å². The minimum atomic E-state index is -1.41. The third-order valence-electron chi connectivity index (χ3n) is 2.33. The van der Waals surface area contributed by atoms with Crippen molar-refractivity contribution in [2.75, 3.05) is 12.3 Å². The van der Waals surface area contributed by atoms with Gasteiger partial charge >= 0.3 is 11.9 Å². The molecule has 0 saturated carbocycles. The molecule has 2 amide bonds. The highest BCUT2D eigenvalue weighted by Gasteiger charge is 2.31. The van der Waals surface area contributed by atoms with Gasteiger partial charge in [-0.25, -0.2) is 0 Å². The van der Waals surface area contributed by atoms with Crippen LogP contribution in [0.4, 0.5) is 0 Å². The van der Waals surface area contributed by atoms with E-state index >= 15 is 0 Å². The lowest BCUT2D eigenvalue weighted by molar-refractivity contribution is -0.153. The Balaban J connectivity index is 4.93. The number of hydrogen-bond acceptors (Lipinski definition) is 7. The zero-order chi connectivity index (χ0) is 15.9. The van der Waals surface area contributed by atoms with Crippen molar-refractivity contribution in [1.82, 2.24) is 4.90 Å². The summed E-state index contributed by atoms with van der Waals surface area (Å²) in [6, 6.07) is -2.44. The molecular formula is C10H17N3O6S. The number of carboxylic acid groups (broad SMARTS) is 2. The average molecular weight is 307 g/mol. The van der Waals surface area contributed by atoms with Crippen LogP contribution in [0.5, 0.6) is 0 Å². The van der Waals surface area contributed by atoms with Crippen LogP contribution < -0.4 is 11.5 Å². The molecule has 9 nitrogen and oxygen atoms in total. The molecule has 114 valence electrons. The fourth-order valence-electron chi connectivity index (χ4n) is 1.28. The molecule has 6 N–H and O–H groups in total. The predicted molar refractivity (Wildman–Crippen MR) is 71.0 cm³/mol. The summed E-state index contributed by atoms with van der Waals surface area (Å²) in [4.78, 5) is 45.2. The molecule has 0 aromatic carbocycles. The van der Waals surface area contributed by atoms with E-state index in [1.807, 2.05) is 0 Å². The van der Waals surface area contributed by atoms with Crippen molar-refractivity contribution in [3.63, 3.8) is 0 Å². The Kier molecular flexibility index (Phi) is 7.80. The summed E-state index contributed by atoms with van der Waals surface area (Å²) < 4.78 is 0. The Bertz CT molecular complexity index is 402. The Hall–Kier alpha value is -1.65. The maximum Gasteiger partial charge on any atom is 0.323 e. The number of rotatable bonds is 8. The Morgan fingerprint density at radius 3 is 1.90 bits per heavy atom. The topological polar surface area (TPSA) is 164 Å². The second-order valence-electron chi connectivity index (χ2n) is 3.98. The molecule has 0 aromatic rings. The van der Waals surface area contributed by atoms with E-state index in [9.17, 15) is 19.2 Å². The van der Waals surface area contributed by atoms with Gasteiger partial charge in [0.1, 0.15) is 6.54 Å². The smallest absolute Gasteiger partial charge is 0.323 e. The van der Waals surface area contributed by atoms with Crippen LogP contribution in [0.25, 0.3) is 0 Å².